The number of carbonyl (C=O) groups is 2. The van der Waals surface area contributed by atoms with Crippen LogP contribution in [-0.4, -0.2) is 50.0 Å². The Morgan fingerprint density at radius 1 is 1.09 bits per heavy atom. The molecule has 1 aromatic heterocycles. The summed E-state index contributed by atoms with van der Waals surface area (Å²) in [6, 6.07) is 18.1. The molecule has 0 bridgehead atoms. The summed E-state index contributed by atoms with van der Waals surface area (Å²) >= 11 is 1.25. The molecular formula is C30H25F3N6O3S. The van der Waals surface area contributed by atoms with Crippen molar-refractivity contribution in [2.45, 2.75) is 38.6 Å². The van der Waals surface area contributed by atoms with Gasteiger partial charge in [0.15, 0.2) is 11.0 Å². The molecule has 0 spiro atoms. The van der Waals surface area contributed by atoms with E-state index in [4.69, 9.17) is 0 Å². The normalized spacial score (nSPS) is 17.4. The van der Waals surface area contributed by atoms with Gasteiger partial charge in [0, 0.05) is 11.6 Å². The molecule has 1 saturated heterocycles. The molecule has 9 nitrogen and oxygen atoms in total. The second-order valence-electron chi connectivity index (χ2n) is 9.99. The summed E-state index contributed by atoms with van der Waals surface area (Å²) in [5.74, 6) is 0.246. The van der Waals surface area contributed by atoms with Crippen LogP contribution in [-0.2, 0) is 24.1 Å². The lowest BCUT2D eigenvalue weighted by molar-refractivity contribution is -0.274. The highest BCUT2D eigenvalue weighted by Crippen LogP contribution is 2.31. The van der Waals surface area contributed by atoms with Crippen LogP contribution in [0, 0.1) is 0 Å². The Morgan fingerprint density at radius 2 is 1.86 bits per heavy atom. The van der Waals surface area contributed by atoms with Crippen molar-refractivity contribution >= 4 is 34.6 Å². The zero-order chi connectivity index (χ0) is 30.1. The number of carbonyl (C=O) groups excluding carboxylic acids is 2. The second kappa shape index (κ2) is 11.6. The van der Waals surface area contributed by atoms with Crippen LogP contribution in [0.1, 0.15) is 23.6 Å². The first-order valence-electron chi connectivity index (χ1n) is 13.5. The van der Waals surface area contributed by atoms with Gasteiger partial charge in [0.1, 0.15) is 12.1 Å². The van der Waals surface area contributed by atoms with E-state index in [0.717, 1.165) is 34.4 Å². The standard InChI is InChI=1S/C30H25F3N6O3S/c1-2-18-5-3-4-6-25(18)39-26(40)16-43-29(39)36-28(41)35-22-14-19-7-8-20(13-21(19)15-22)27-34-17-38(37-27)23-9-11-24(12-10-23)42-30(31,32)33/h3-13,17,22H,2,14-16H2,1H3,(H,35,41). The van der Waals surface area contributed by atoms with Crippen LogP contribution < -0.4 is 15.0 Å². The maximum atomic E-state index is 12.9. The molecular weight excluding hydrogens is 581 g/mol. The van der Waals surface area contributed by atoms with Gasteiger partial charge in [0.25, 0.3) is 0 Å². The predicted molar refractivity (Wildman–Crippen MR) is 156 cm³/mol. The first kappa shape index (κ1) is 28.5. The number of amidine groups is 1. The number of aromatic nitrogens is 3. The third-order valence-electron chi connectivity index (χ3n) is 7.13. The minimum Gasteiger partial charge on any atom is -0.406 e. The third-order valence-corrected chi connectivity index (χ3v) is 8.05. The van der Waals surface area contributed by atoms with Crippen molar-refractivity contribution in [1.82, 2.24) is 20.1 Å². The van der Waals surface area contributed by atoms with Gasteiger partial charge in [-0.2, -0.15) is 4.99 Å². The number of ether oxygens (including phenoxy) is 1. The van der Waals surface area contributed by atoms with E-state index in [1.54, 1.807) is 0 Å². The summed E-state index contributed by atoms with van der Waals surface area (Å²) in [5.41, 5.74) is 5.18. The number of nitrogens with zero attached hydrogens (tertiary/aromatic N) is 5. The SMILES string of the molecule is CCc1ccccc1N1C(=O)CSC1=NC(=O)NC1Cc2ccc(-c3ncn(-c4ccc(OC(F)(F)F)cc4)n3)cc2C1. The number of benzene rings is 3. The van der Waals surface area contributed by atoms with Crippen molar-refractivity contribution in [1.29, 1.82) is 0 Å². The second-order valence-corrected chi connectivity index (χ2v) is 10.9. The molecule has 4 aromatic rings. The number of alkyl halides is 3. The van der Waals surface area contributed by atoms with E-state index in [1.165, 1.54) is 51.9 Å². The highest BCUT2D eigenvalue weighted by atomic mass is 32.2. The van der Waals surface area contributed by atoms with Gasteiger partial charge < -0.3 is 10.1 Å². The molecule has 220 valence electrons. The summed E-state index contributed by atoms with van der Waals surface area (Å²) < 4.78 is 42.7. The number of amides is 3. The number of urea groups is 1. The Kier molecular flexibility index (Phi) is 7.65. The van der Waals surface area contributed by atoms with E-state index >= 15 is 0 Å². The number of para-hydroxylation sites is 1. The first-order chi connectivity index (χ1) is 20.7. The Hall–Kier alpha value is -4.65. The number of rotatable bonds is 6. The van der Waals surface area contributed by atoms with E-state index in [1.807, 2.05) is 49.4 Å². The molecule has 43 heavy (non-hydrogen) atoms. The number of aryl methyl sites for hydroxylation is 1. The van der Waals surface area contributed by atoms with Crippen LogP contribution in [0.5, 0.6) is 5.75 Å². The van der Waals surface area contributed by atoms with Crippen molar-refractivity contribution in [3.63, 3.8) is 0 Å². The van der Waals surface area contributed by atoms with Gasteiger partial charge >= 0.3 is 12.4 Å². The molecule has 0 radical (unpaired) electrons. The molecule has 13 heteroatoms. The fourth-order valence-electron chi connectivity index (χ4n) is 5.18. The number of thioether (sulfide) groups is 1. The molecule has 2 heterocycles. The monoisotopic (exact) mass is 606 g/mol. The number of nitrogens with one attached hydrogen (secondary N) is 1. The predicted octanol–water partition coefficient (Wildman–Crippen LogP) is 5.71. The van der Waals surface area contributed by atoms with Gasteiger partial charge in [0.2, 0.25) is 5.91 Å². The van der Waals surface area contributed by atoms with E-state index in [9.17, 15) is 22.8 Å². The van der Waals surface area contributed by atoms with Gasteiger partial charge in [-0.1, -0.05) is 49.0 Å². The molecule has 1 atom stereocenters. The lowest BCUT2D eigenvalue weighted by Gasteiger charge is -2.19. The molecule has 1 unspecified atom stereocenters. The van der Waals surface area contributed by atoms with E-state index in [-0.39, 0.29) is 23.5 Å². The van der Waals surface area contributed by atoms with Crippen LogP contribution in [0.3, 0.4) is 0 Å². The lowest BCUT2D eigenvalue weighted by atomic mass is 10.1. The summed E-state index contributed by atoms with van der Waals surface area (Å²) in [6.07, 6.45) is -1.30. The Labute approximate surface area is 248 Å². The lowest BCUT2D eigenvalue weighted by Crippen LogP contribution is -2.36. The molecule has 3 aromatic carbocycles. The summed E-state index contributed by atoms with van der Waals surface area (Å²) in [5, 5.41) is 7.82. The number of anilines is 1. The minimum absolute atomic E-state index is 0.109. The topological polar surface area (TPSA) is 102 Å². The molecule has 3 amide bonds. The molecule has 2 aliphatic rings. The smallest absolute Gasteiger partial charge is 0.406 e. The van der Waals surface area contributed by atoms with Gasteiger partial charge in [-0.25, -0.2) is 14.5 Å². The van der Waals surface area contributed by atoms with Gasteiger partial charge in [-0.3, -0.25) is 9.69 Å². The average Bonchev–Trinajstić information content (AvgIpc) is 3.70. The zero-order valence-electron chi connectivity index (χ0n) is 22.8. The maximum Gasteiger partial charge on any atom is 0.573 e. The first-order valence-corrected chi connectivity index (χ1v) is 14.5. The van der Waals surface area contributed by atoms with Gasteiger partial charge in [-0.05, 0) is 72.4 Å². The van der Waals surface area contributed by atoms with Crippen LogP contribution in [0.2, 0.25) is 0 Å². The van der Waals surface area contributed by atoms with Crippen molar-refractivity contribution in [2.75, 3.05) is 10.7 Å². The van der Waals surface area contributed by atoms with Crippen molar-refractivity contribution in [2.24, 2.45) is 4.99 Å². The Morgan fingerprint density at radius 3 is 2.63 bits per heavy atom. The largest absolute Gasteiger partial charge is 0.573 e. The Bertz CT molecular complexity index is 1720. The van der Waals surface area contributed by atoms with Gasteiger partial charge in [0.05, 0.1) is 17.1 Å². The quantitative estimate of drug-likeness (QED) is 0.302. The van der Waals surface area contributed by atoms with E-state index in [0.29, 0.717) is 29.5 Å². The molecule has 1 N–H and O–H groups in total. The summed E-state index contributed by atoms with van der Waals surface area (Å²) in [6.45, 7) is 2.01. The molecule has 0 saturated carbocycles. The fraction of sp³-hybridized carbons (Fsp3) is 0.233. The number of halogens is 3. The summed E-state index contributed by atoms with van der Waals surface area (Å²) in [7, 11) is 0. The third kappa shape index (κ3) is 6.26. The fourth-order valence-corrected chi connectivity index (χ4v) is 6.04. The number of hydrogen-bond donors (Lipinski definition) is 1. The summed E-state index contributed by atoms with van der Waals surface area (Å²) in [4.78, 5) is 35.7. The Balaban J connectivity index is 1.12. The number of hydrogen-bond acceptors (Lipinski definition) is 6. The minimum atomic E-state index is -4.76. The van der Waals surface area contributed by atoms with Crippen molar-refractivity contribution in [3.8, 4) is 22.8 Å². The number of aliphatic imine (C=N–C) groups is 1. The van der Waals surface area contributed by atoms with Crippen LogP contribution in [0.15, 0.2) is 78.0 Å². The zero-order valence-corrected chi connectivity index (χ0v) is 23.7. The van der Waals surface area contributed by atoms with E-state index < -0.39 is 12.4 Å². The van der Waals surface area contributed by atoms with Crippen molar-refractivity contribution < 1.29 is 27.5 Å². The van der Waals surface area contributed by atoms with Crippen LogP contribution in [0.25, 0.3) is 17.1 Å². The van der Waals surface area contributed by atoms with Crippen LogP contribution >= 0.6 is 11.8 Å². The van der Waals surface area contributed by atoms with Gasteiger partial charge in [-0.15, -0.1) is 18.3 Å². The number of fused-ring (bicyclic) bond motifs is 1. The highest BCUT2D eigenvalue weighted by molar-refractivity contribution is 8.15. The molecule has 1 fully saturated rings. The maximum absolute atomic E-state index is 12.9. The molecule has 6 rings (SSSR count). The highest BCUT2D eigenvalue weighted by Gasteiger charge is 2.33. The average molecular weight is 607 g/mol. The van der Waals surface area contributed by atoms with E-state index in [2.05, 4.69) is 25.1 Å². The van der Waals surface area contributed by atoms with Crippen molar-refractivity contribution in [3.05, 3.63) is 89.7 Å². The van der Waals surface area contributed by atoms with Crippen LogP contribution in [0.4, 0.5) is 23.7 Å². The molecule has 1 aliphatic heterocycles. The molecule has 1 aliphatic carbocycles.